The molecule has 0 atom stereocenters. The summed E-state index contributed by atoms with van der Waals surface area (Å²) in [5, 5.41) is 0. The van der Waals surface area contributed by atoms with E-state index in [0.717, 1.165) is 12.8 Å². The summed E-state index contributed by atoms with van der Waals surface area (Å²) in [6, 6.07) is 3.27. The Morgan fingerprint density at radius 3 is 2.72 bits per heavy atom. The molecule has 1 saturated carbocycles. The predicted octanol–water partition coefficient (Wildman–Crippen LogP) is 1.95. The Labute approximate surface area is 106 Å². The zero-order valence-corrected chi connectivity index (χ0v) is 10.4. The van der Waals surface area contributed by atoms with E-state index in [4.69, 9.17) is 0 Å². The van der Waals surface area contributed by atoms with Crippen LogP contribution in [0.4, 0.5) is 0 Å². The topological polar surface area (TPSA) is 53.2 Å². The van der Waals surface area contributed by atoms with Crippen LogP contribution in [0.15, 0.2) is 35.8 Å². The van der Waals surface area contributed by atoms with E-state index in [2.05, 4.69) is 11.6 Å². The van der Waals surface area contributed by atoms with Gasteiger partial charge in [-0.1, -0.05) is 18.9 Å². The number of carbonyl (C=O) groups excluding carboxylic acids is 1. The van der Waals surface area contributed by atoms with E-state index in [9.17, 15) is 9.59 Å². The molecule has 0 aliphatic heterocycles. The van der Waals surface area contributed by atoms with E-state index in [1.807, 2.05) is 4.90 Å². The number of hydrogen-bond donors (Lipinski definition) is 1. The van der Waals surface area contributed by atoms with Crippen molar-refractivity contribution in [1.29, 1.82) is 0 Å². The number of pyridine rings is 1. The molecule has 0 spiro atoms. The first-order valence-electron chi connectivity index (χ1n) is 6.33. The number of H-pyrrole nitrogens is 1. The minimum Gasteiger partial charge on any atom is -0.332 e. The first-order chi connectivity index (χ1) is 8.72. The van der Waals surface area contributed by atoms with E-state index in [-0.39, 0.29) is 11.5 Å². The third kappa shape index (κ3) is 2.70. The van der Waals surface area contributed by atoms with Gasteiger partial charge in [-0.25, -0.2) is 0 Å². The van der Waals surface area contributed by atoms with Crippen molar-refractivity contribution in [2.24, 2.45) is 0 Å². The van der Waals surface area contributed by atoms with Gasteiger partial charge in [-0.15, -0.1) is 6.58 Å². The lowest BCUT2D eigenvalue weighted by Gasteiger charge is -2.27. The normalized spacial score (nSPS) is 15.6. The van der Waals surface area contributed by atoms with Crippen LogP contribution in [0.1, 0.15) is 36.0 Å². The second-order valence-electron chi connectivity index (χ2n) is 4.63. The number of nitrogens with zero attached hydrogens (tertiary/aromatic N) is 1. The van der Waals surface area contributed by atoms with Crippen LogP contribution in [0.25, 0.3) is 0 Å². The molecule has 0 saturated heterocycles. The molecule has 0 unspecified atom stereocenters. The van der Waals surface area contributed by atoms with Gasteiger partial charge in [0.15, 0.2) is 0 Å². The molecule has 1 N–H and O–H groups in total. The Morgan fingerprint density at radius 2 is 2.17 bits per heavy atom. The van der Waals surface area contributed by atoms with Crippen molar-refractivity contribution in [3.05, 3.63) is 46.9 Å². The summed E-state index contributed by atoms with van der Waals surface area (Å²) >= 11 is 0. The minimum absolute atomic E-state index is 0.0296. The molecule has 1 aliphatic rings. The Hall–Kier alpha value is -1.84. The van der Waals surface area contributed by atoms with Gasteiger partial charge in [0.25, 0.3) is 5.91 Å². The van der Waals surface area contributed by atoms with Gasteiger partial charge in [0.05, 0.1) is 5.56 Å². The van der Waals surface area contributed by atoms with Gasteiger partial charge in [-0.3, -0.25) is 9.59 Å². The highest BCUT2D eigenvalue weighted by atomic mass is 16.2. The van der Waals surface area contributed by atoms with Crippen molar-refractivity contribution in [2.75, 3.05) is 6.54 Å². The first kappa shape index (κ1) is 12.6. The lowest BCUT2D eigenvalue weighted by atomic mass is 10.1. The average molecular weight is 246 g/mol. The number of hydrogen-bond acceptors (Lipinski definition) is 2. The first-order valence-corrected chi connectivity index (χ1v) is 6.33. The third-order valence-corrected chi connectivity index (χ3v) is 3.38. The van der Waals surface area contributed by atoms with Crippen LogP contribution in [0.2, 0.25) is 0 Å². The van der Waals surface area contributed by atoms with Crippen molar-refractivity contribution < 1.29 is 4.79 Å². The van der Waals surface area contributed by atoms with Gasteiger partial charge in [0.2, 0.25) is 5.56 Å². The molecule has 18 heavy (non-hydrogen) atoms. The Kier molecular flexibility index (Phi) is 3.97. The van der Waals surface area contributed by atoms with Gasteiger partial charge < -0.3 is 9.88 Å². The second kappa shape index (κ2) is 5.67. The van der Waals surface area contributed by atoms with Gasteiger partial charge in [0.1, 0.15) is 0 Å². The quantitative estimate of drug-likeness (QED) is 0.825. The fourth-order valence-electron chi connectivity index (χ4n) is 2.46. The third-order valence-electron chi connectivity index (χ3n) is 3.38. The fourth-order valence-corrected chi connectivity index (χ4v) is 2.46. The molecule has 1 aromatic rings. The summed E-state index contributed by atoms with van der Waals surface area (Å²) in [5.41, 5.74) is 0.339. The lowest BCUT2D eigenvalue weighted by Crippen LogP contribution is -2.39. The zero-order valence-electron chi connectivity index (χ0n) is 10.4. The summed E-state index contributed by atoms with van der Waals surface area (Å²) in [5.74, 6) is -0.0296. The number of amides is 1. The highest BCUT2D eigenvalue weighted by Gasteiger charge is 2.26. The van der Waals surface area contributed by atoms with Crippen molar-refractivity contribution in [3.8, 4) is 0 Å². The molecular weight excluding hydrogens is 228 g/mol. The zero-order chi connectivity index (χ0) is 13.0. The lowest BCUT2D eigenvalue weighted by molar-refractivity contribution is 0.0706. The largest absolute Gasteiger partial charge is 0.332 e. The molecule has 1 heterocycles. The van der Waals surface area contributed by atoms with E-state index in [1.54, 1.807) is 12.1 Å². The Bertz CT molecular complexity index is 466. The molecule has 96 valence electrons. The molecular formula is C14H18N2O2. The van der Waals surface area contributed by atoms with Crippen LogP contribution < -0.4 is 5.56 Å². The Morgan fingerprint density at radius 1 is 1.44 bits per heavy atom. The summed E-state index contributed by atoms with van der Waals surface area (Å²) in [4.78, 5) is 27.8. The number of aromatic amines is 1. The number of carbonyl (C=O) groups is 1. The molecule has 1 aliphatic carbocycles. The van der Waals surface area contributed by atoms with Crippen LogP contribution in [0.5, 0.6) is 0 Å². The maximum atomic E-state index is 12.4. The molecule has 0 aromatic carbocycles. The number of aromatic nitrogens is 1. The smallest absolute Gasteiger partial charge is 0.255 e. The number of nitrogens with one attached hydrogen (secondary N) is 1. The average Bonchev–Trinajstić information content (AvgIpc) is 2.90. The molecule has 0 bridgehead atoms. The molecule has 4 nitrogen and oxygen atoms in total. The van der Waals surface area contributed by atoms with Gasteiger partial charge in [-0.2, -0.15) is 0 Å². The monoisotopic (exact) mass is 246 g/mol. The minimum atomic E-state index is -0.192. The molecule has 2 rings (SSSR count). The maximum Gasteiger partial charge on any atom is 0.255 e. The van der Waals surface area contributed by atoms with Crippen molar-refractivity contribution in [3.63, 3.8) is 0 Å². The van der Waals surface area contributed by atoms with Gasteiger partial charge >= 0.3 is 0 Å². The van der Waals surface area contributed by atoms with Crippen LogP contribution in [-0.2, 0) is 0 Å². The van der Waals surface area contributed by atoms with E-state index in [1.165, 1.54) is 25.1 Å². The summed E-state index contributed by atoms with van der Waals surface area (Å²) in [6.45, 7) is 4.27. The van der Waals surface area contributed by atoms with Gasteiger partial charge in [-0.05, 0) is 18.9 Å². The van der Waals surface area contributed by atoms with Crippen LogP contribution >= 0.6 is 0 Å². The van der Waals surface area contributed by atoms with E-state index < -0.39 is 0 Å². The number of rotatable bonds is 4. The molecule has 1 aromatic heterocycles. The molecule has 1 amide bonds. The van der Waals surface area contributed by atoms with E-state index in [0.29, 0.717) is 18.2 Å². The Balaban J connectivity index is 2.19. The molecule has 0 radical (unpaired) electrons. The van der Waals surface area contributed by atoms with Crippen molar-refractivity contribution >= 4 is 5.91 Å². The molecule has 1 fully saturated rings. The predicted molar refractivity (Wildman–Crippen MR) is 70.6 cm³/mol. The van der Waals surface area contributed by atoms with E-state index >= 15 is 0 Å². The second-order valence-corrected chi connectivity index (χ2v) is 4.63. The van der Waals surface area contributed by atoms with Crippen molar-refractivity contribution in [2.45, 2.75) is 31.7 Å². The molecule has 4 heteroatoms. The standard InChI is InChI=1S/C14H18N2O2/c1-2-9-16(12-5-3-4-6-12)14(18)11-7-8-13(17)15-10-11/h2,7-8,10,12H,1,3-6,9H2,(H,15,17). The maximum absolute atomic E-state index is 12.4. The summed E-state index contributed by atoms with van der Waals surface area (Å²) in [7, 11) is 0. The fraction of sp³-hybridized carbons (Fsp3) is 0.429. The van der Waals surface area contributed by atoms with Gasteiger partial charge in [0, 0.05) is 24.8 Å². The van der Waals surface area contributed by atoms with Crippen LogP contribution in [0.3, 0.4) is 0 Å². The summed E-state index contributed by atoms with van der Waals surface area (Å²) in [6.07, 6.45) is 7.71. The summed E-state index contributed by atoms with van der Waals surface area (Å²) < 4.78 is 0. The highest BCUT2D eigenvalue weighted by Crippen LogP contribution is 2.24. The van der Waals surface area contributed by atoms with Crippen molar-refractivity contribution in [1.82, 2.24) is 9.88 Å². The van der Waals surface area contributed by atoms with Crippen LogP contribution in [-0.4, -0.2) is 28.4 Å². The SMILES string of the molecule is C=CCN(C(=O)c1ccc(=O)[nH]c1)C1CCCC1. The highest BCUT2D eigenvalue weighted by molar-refractivity contribution is 5.94. The van der Waals surface area contributed by atoms with Crippen LogP contribution in [0, 0.1) is 0 Å².